The maximum absolute atomic E-state index is 13.3. The summed E-state index contributed by atoms with van der Waals surface area (Å²) in [6.07, 6.45) is 3.45. The average molecular weight is 461 g/mol. The first-order chi connectivity index (χ1) is 15.8. The molecule has 1 amide bonds. The number of rotatable bonds is 6. The van der Waals surface area contributed by atoms with Crippen LogP contribution < -0.4 is 5.32 Å². The molecule has 0 bridgehead atoms. The summed E-state index contributed by atoms with van der Waals surface area (Å²) in [5.74, 6) is 0.601. The second kappa shape index (κ2) is 9.50. The third kappa shape index (κ3) is 4.93. The zero-order chi connectivity index (χ0) is 23.5. The molecule has 1 unspecified atom stereocenters. The Morgan fingerprint density at radius 2 is 1.91 bits per heavy atom. The summed E-state index contributed by atoms with van der Waals surface area (Å²) in [5, 5.41) is 15.8. The average Bonchev–Trinajstić information content (AvgIpc) is 3.30. The molecular weight excluding hydrogens is 436 g/mol. The number of amides is 1. The second-order valence-corrected chi connectivity index (χ2v) is 8.74. The van der Waals surface area contributed by atoms with E-state index in [0.717, 1.165) is 22.3 Å². The highest BCUT2D eigenvalue weighted by atomic mass is 35.5. The van der Waals surface area contributed by atoms with E-state index >= 15 is 0 Å². The lowest BCUT2D eigenvalue weighted by Crippen LogP contribution is -2.27. The normalized spacial score (nSPS) is 12.1. The van der Waals surface area contributed by atoms with Crippen LogP contribution >= 0.6 is 11.6 Å². The van der Waals surface area contributed by atoms with Crippen LogP contribution in [0.4, 0.5) is 0 Å². The van der Waals surface area contributed by atoms with Crippen molar-refractivity contribution in [2.75, 3.05) is 0 Å². The fraction of sp³-hybridized carbons (Fsp3) is 0.240. The predicted octanol–water partition coefficient (Wildman–Crippen LogP) is 5.30. The number of benzene rings is 2. The van der Waals surface area contributed by atoms with Gasteiger partial charge in [0.05, 0.1) is 11.7 Å². The van der Waals surface area contributed by atoms with Crippen LogP contribution in [0.2, 0.25) is 5.02 Å². The largest absolute Gasteiger partial charge is 0.345 e. The molecule has 2 aromatic heterocycles. The summed E-state index contributed by atoms with van der Waals surface area (Å²) in [7, 11) is 0. The Hall–Kier alpha value is -3.58. The lowest BCUT2D eigenvalue weighted by molar-refractivity contribution is 0.0940. The van der Waals surface area contributed by atoms with Crippen LogP contribution in [0.15, 0.2) is 60.9 Å². The van der Waals surface area contributed by atoms with Crippen molar-refractivity contribution in [3.05, 3.63) is 88.5 Å². The van der Waals surface area contributed by atoms with Crippen molar-refractivity contribution in [1.29, 1.82) is 0 Å². The van der Waals surface area contributed by atoms with Gasteiger partial charge < -0.3 is 5.32 Å². The quantitative estimate of drug-likeness (QED) is 0.422. The van der Waals surface area contributed by atoms with Crippen molar-refractivity contribution < 1.29 is 4.79 Å². The topological polar surface area (TPSA) is 85.6 Å². The summed E-state index contributed by atoms with van der Waals surface area (Å²) >= 11 is 6.56. The van der Waals surface area contributed by atoms with E-state index in [4.69, 9.17) is 11.6 Å². The first-order valence-corrected chi connectivity index (χ1v) is 11.1. The van der Waals surface area contributed by atoms with Crippen LogP contribution in [0, 0.1) is 6.92 Å². The molecule has 0 saturated carbocycles. The first-order valence-electron chi connectivity index (χ1n) is 10.7. The molecule has 7 nitrogen and oxygen atoms in total. The molecule has 0 aliphatic carbocycles. The summed E-state index contributed by atoms with van der Waals surface area (Å²) in [6, 6.07) is 15.0. The zero-order valence-electron chi connectivity index (χ0n) is 19.0. The Morgan fingerprint density at radius 3 is 2.61 bits per heavy atom. The third-order valence-corrected chi connectivity index (χ3v) is 5.71. The molecule has 8 heteroatoms. The van der Waals surface area contributed by atoms with Crippen molar-refractivity contribution in [2.24, 2.45) is 0 Å². The molecule has 2 heterocycles. The molecule has 0 aliphatic rings. The van der Waals surface area contributed by atoms with E-state index in [1.54, 1.807) is 23.1 Å². The highest BCUT2D eigenvalue weighted by molar-refractivity contribution is 6.33. The van der Waals surface area contributed by atoms with E-state index in [2.05, 4.69) is 25.8 Å². The minimum absolute atomic E-state index is 0.106. The van der Waals surface area contributed by atoms with Gasteiger partial charge in [-0.3, -0.25) is 9.78 Å². The van der Waals surface area contributed by atoms with Crippen LogP contribution in [0.5, 0.6) is 0 Å². The van der Waals surface area contributed by atoms with Gasteiger partial charge in [0, 0.05) is 34.5 Å². The van der Waals surface area contributed by atoms with Gasteiger partial charge in [0.1, 0.15) is 0 Å². The van der Waals surface area contributed by atoms with Gasteiger partial charge in [0.15, 0.2) is 5.82 Å². The Balaban J connectivity index is 1.79. The Bertz CT molecular complexity index is 1290. The number of aromatic nitrogens is 5. The van der Waals surface area contributed by atoms with Crippen molar-refractivity contribution >= 4 is 17.5 Å². The van der Waals surface area contributed by atoms with E-state index in [1.807, 2.05) is 70.2 Å². The van der Waals surface area contributed by atoms with Crippen molar-refractivity contribution in [2.45, 2.75) is 39.7 Å². The van der Waals surface area contributed by atoms with Crippen molar-refractivity contribution in [3.8, 4) is 16.8 Å². The monoisotopic (exact) mass is 460 g/mol. The van der Waals surface area contributed by atoms with Crippen molar-refractivity contribution in [1.82, 2.24) is 30.5 Å². The number of pyridine rings is 1. The van der Waals surface area contributed by atoms with Gasteiger partial charge in [0.2, 0.25) is 0 Å². The number of nitrogens with one attached hydrogen (secondary N) is 1. The highest BCUT2D eigenvalue weighted by Crippen LogP contribution is 2.32. The smallest absolute Gasteiger partial charge is 0.251 e. The SMILES string of the molecule is Cc1ccc(-c2cc(C(=O)NC(C)c3cccnc3)cc(-n3nnnc3C(C)C)c2)c(Cl)c1. The van der Waals surface area contributed by atoms with Gasteiger partial charge in [-0.1, -0.05) is 43.6 Å². The van der Waals surface area contributed by atoms with E-state index in [1.165, 1.54) is 0 Å². The molecule has 0 fully saturated rings. The molecule has 2 aromatic carbocycles. The minimum atomic E-state index is -0.211. The number of tetrazole rings is 1. The van der Waals surface area contributed by atoms with Gasteiger partial charge in [0.25, 0.3) is 5.91 Å². The van der Waals surface area contributed by atoms with Crippen LogP contribution in [-0.4, -0.2) is 31.1 Å². The Labute approximate surface area is 197 Å². The van der Waals surface area contributed by atoms with Gasteiger partial charge >= 0.3 is 0 Å². The summed E-state index contributed by atoms with van der Waals surface area (Å²) in [6.45, 7) is 7.95. The number of carbonyl (C=O) groups excluding carboxylic acids is 1. The lowest BCUT2D eigenvalue weighted by atomic mass is 10.00. The molecule has 0 aliphatic heterocycles. The summed E-state index contributed by atoms with van der Waals surface area (Å²) < 4.78 is 1.66. The van der Waals surface area contributed by atoms with Crippen LogP contribution in [0.1, 0.15) is 60.0 Å². The predicted molar refractivity (Wildman–Crippen MR) is 129 cm³/mol. The third-order valence-electron chi connectivity index (χ3n) is 5.40. The standard InChI is InChI=1S/C25H25ClN6O/c1-15(2)24-29-30-31-32(24)21-12-19(22-8-7-16(3)10-23(22)26)11-20(13-21)25(33)28-17(4)18-6-5-9-27-14-18/h5-15,17H,1-4H3,(H,28,33). The molecule has 0 spiro atoms. The highest BCUT2D eigenvalue weighted by Gasteiger charge is 2.18. The minimum Gasteiger partial charge on any atom is -0.345 e. The first kappa shape index (κ1) is 22.6. The fourth-order valence-electron chi connectivity index (χ4n) is 3.61. The maximum atomic E-state index is 13.3. The molecule has 4 aromatic rings. The number of halogens is 1. The second-order valence-electron chi connectivity index (χ2n) is 8.34. The van der Waals surface area contributed by atoms with Gasteiger partial charge in [-0.25, -0.2) is 0 Å². The molecule has 1 N–H and O–H groups in total. The molecule has 0 saturated heterocycles. The molecule has 33 heavy (non-hydrogen) atoms. The number of aryl methyl sites for hydroxylation is 1. The van der Waals surface area contributed by atoms with Gasteiger partial charge in [-0.2, -0.15) is 4.68 Å². The van der Waals surface area contributed by atoms with Crippen molar-refractivity contribution in [3.63, 3.8) is 0 Å². The summed E-state index contributed by atoms with van der Waals surface area (Å²) in [5.41, 5.74) is 4.80. The number of hydrogen-bond acceptors (Lipinski definition) is 5. The van der Waals surface area contributed by atoms with Gasteiger partial charge in [-0.15, -0.1) is 5.10 Å². The Kier molecular flexibility index (Phi) is 6.51. The van der Waals surface area contributed by atoms with Crippen LogP contribution in [-0.2, 0) is 0 Å². The number of hydrogen-bond donors (Lipinski definition) is 1. The van der Waals surface area contributed by atoms with E-state index in [9.17, 15) is 4.79 Å². The Morgan fingerprint density at radius 1 is 1.09 bits per heavy atom. The fourth-order valence-corrected chi connectivity index (χ4v) is 3.95. The van der Waals surface area contributed by atoms with Crippen LogP contribution in [0.3, 0.4) is 0 Å². The van der Waals surface area contributed by atoms with E-state index < -0.39 is 0 Å². The van der Waals surface area contributed by atoms with E-state index in [0.29, 0.717) is 22.1 Å². The van der Waals surface area contributed by atoms with E-state index in [-0.39, 0.29) is 17.9 Å². The maximum Gasteiger partial charge on any atom is 0.251 e. The molecule has 1 atom stereocenters. The summed E-state index contributed by atoms with van der Waals surface area (Å²) in [4.78, 5) is 17.4. The van der Waals surface area contributed by atoms with Crippen LogP contribution in [0.25, 0.3) is 16.8 Å². The molecular formula is C25H25ClN6O. The lowest BCUT2D eigenvalue weighted by Gasteiger charge is -2.16. The molecule has 168 valence electrons. The molecule has 0 radical (unpaired) electrons. The zero-order valence-corrected chi connectivity index (χ0v) is 19.7. The molecule has 4 rings (SSSR count). The van der Waals surface area contributed by atoms with Gasteiger partial charge in [-0.05, 0) is 71.3 Å². The number of nitrogens with zero attached hydrogens (tertiary/aromatic N) is 5. The number of carbonyl (C=O) groups is 1.